The van der Waals surface area contributed by atoms with E-state index in [1.54, 1.807) is 24.3 Å². The molecule has 3 aromatic carbocycles. The molecule has 5 heteroatoms. The fourth-order valence-corrected chi connectivity index (χ4v) is 2.85. The van der Waals surface area contributed by atoms with Gasteiger partial charge in [-0.1, -0.05) is 24.3 Å². The summed E-state index contributed by atoms with van der Waals surface area (Å²) in [5, 5.41) is 20.4. The minimum atomic E-state index is -0.930. The smallest absolute Gasteiger partial charge is 0.345 e. The molecule has 0 bridgehead atoms. The van der Waals surface area contributed by atoms with Crippen LogP contribution in [0.3, 0.4) is 0 Å². The number of phenols is 1. The van der Waals surface area contributed by atoms with Gasteiger partial charge in [0.15, 0.2) is 5.43 Å². The van der Waals surface area contributed by atoms with Crippen LogP contribution in [0.25, 0.3) is 20.9 Å². The Kier molecular flexibility index (Phi) is 3.19. The highest BCUT2D eigenvalue weighted by molar-refractivity contribution is 7.20. The predicted molar refractivity (Wildman–Crippen MR) is 83.0 cm³/mol. The zero-order chi connectivity index (χ0) is 15.0. The number of carbonyl (C=O) groups is 1. The van der Waals surface area contributed by atoms with Crippen LogP contribution in [0, 0.1) is 0 Å². The molecular formula is C16H10O4S. The van der Waals surface area contributed by atoms with E-state index in [1.165, 1.54) is 11.3 Å². The van der Waals surface area contributed by atoms with Gasteiger partial charge in [-0.05, 0) is 29.7 Å². The van der Waals surface area contributed by atoms with Gasteiger partial charge in [0, 0.05) is 15.5 Å². The molecule has 0 aliphatic carbocycles. The summed E-state index contributed by atoms with van der Waals surface area (Å²) in [6, 6.07) is 13.8. The summed E-state index contributed by atoms with van der Waals surface area (Å²) in [5.74, 6) is -0.775. The van der Waals surface area contributed by atoms with Crippen LogP contribution in [0.15, 0.2) is 53.3 Å². The van der Waals surface area contributed by atoms with Crippen molar-refractivity contribution in [3.05, 3.63) is 63.6 Å². The van der Waals surface area contributed by atoms with E-state index in [0.29, 0.717) is 4.88 Å². The molecule has 0 fully saturated rings. The third-order valence-electron chi connectivity index (χ3n) is 3.06. The molecule has 1 heterocycles. The Morgan fingerprint density at radius 2 is 1.67 bits per heavy atom. The molecular weight excluding hydrogens is 288 g/mol. The lowest BCUT2D eigenvalue weighted by Crippen LogP contribution is -1.89. The van der Waals surface area contributed by atoms with Gasteiger partial charge in [-0.2, -0.15) is 0 Å². The van der Waals surface area contributed by atoms with Crippen molar-refractivity contribution in [2.45, 2.75) is 0 Å². The summed E-state index contributed by atoms with van der Waals surface area (Å²) < 4.78 is 0.871. The molecule has 4 nitrogen and oxygen atoms in total. The Bertz CT molecular complexity index is 926. The first-order valence-electron chi connectivity index (χ1n) is 6.16. The minimum absolute atomic E-state index is 0.155. The third-order valence-corrected chi connectivity index (χ3v) is 4.17. The van der Waals surface area contributed by atoms with Crippen molar-refractivity contribution >= 4 is 38.2 Å². The van der Waals surface area contributed by atoms with Gasteiger partial charge in [0.2, 0.25) is 0 Å². The molecule has 0 amide bonds. The Morgan fingerprint density at radius 1 is 1.00 bits per heavy atom. The second-order valence-electron chi connectivity index (χ2n) is 4.51. The molecule has 0 saturated carbocycles. The van der Waals surface area contributed by atoms with Crippen LogP contribution < -0.4 is 5.43 Å². The number of phenolic OH excluding ortho intramolecular Hbond substituents is 1. The number of aromatic hydroxyl groups is 1. The normalized spacial score (nSPS) is 10.7. The molecule has 1 aromatic heterocycles. The van der Waals surface area contributed by atoms with Crippen LogP contribution in [-0.4, -0.2) is 16.2 Å². The minimum Gasteiger partial charge on any atom is -0.508 e. The molecule has 0 saturated heterocycles. The fraction of sp³-hybridized carbons (Fsp3) is 0. The van der Waals surface area contributed by atoms with Crippen LogP contribution in [-0.2, 0) is 0 Å². The Hall–Kier alpha value is -2.66. The maximum Gasteiger partial charge on any atom is 0.345 e. The maximum absolute atomic E-state index is 10.6. The summed E-state index contributed by atoms with van der Waals surface area (Å²) in [4.78, 5) is 21.4. The van der Waals surface area contributed by atoms with E-state index in [-0.39, 0.29) is 11.2 Å². The van der Waals surface area contributed by atoms with Crippen molar-refractivity contribution < 1.29 is 15.0 Å². The number of aromatic carboxylic acids is 1. The van der Waals surface area contributed by atoms with Gasteiger partial charge in [-0.15, -0.1) is 11.3 Å². The van der Waals surface area contributed by atoms with E-state index < -0.39 is 5.97 Å². The first-order chi connectivity index (χ1) is 10.1. The number of carboxylic acids is 1. The number of hydrogen-bond acceptors (Lipinski definition) is 4. The average Bonchev–Trinajstić information content (AvgIpc) is 2.95. The molecule has 0 aliphatic heterocycles. The molecule has 21 heavy (non-hydrogen) atoms. The number of carboxylic acid groups (broad SMARTS) is 1. The van der Waals surface area contributed by atoms with Crippen molar-refractivity contribution in [3.63, 3.8) is 0 Å². The van der Waals surface area contributed by atoms with Crippen molar-refractivity contribution in [1.82, 2.24) is 0 Å². The first-order valence-corrected chi connectivity index (χ1v) is 6.97. The number of benzene rings is 2. The van der Waals surface area contributed by atoms with Gasteiger partial charge < -0.3 is 10.2 Å². The maximum atomic E-state index is 10.6. The summed E-state index contributed by atoms with van der Waals surface area (Å²) >= 11 is 1.20. The Balaban J connectivity index is 0.000000140. The van der Waals surface area contributed by atoms with Crippen LogP contribution in [0.5, 0.6) is 5.75 Å². The molecule has 0 radical (unpaired) electrons. The lowest BCUT2D eigenvalue weighted by Gasteiger charge is -1.89. The number of thiophene rings is 1. The highest BCUT2D eigenvalue weighted by atomic mass is 32.1. The molecule has 0 unspecified atom stereocenters. The van der Waals surface area contributed by atoms with E-state index >= 15 is 0 Å². The van der Waals surface area contributed by atoms with Crippen molar-refractivity contribution in [1.29, 1.82) is 0 Å². The van der Waals surface area contributed by atoms with Crippen LogP contribution in [0.4, 0.5) is 0 Å². The highest BCUT2D eigenvalue weighted by Gasteiger charge is 2.08. The van der Waals surface area contributed by atoms with Crippen molar-refractivity contribution in [2.75, 3.05) is 0 Å². The molecule has 104 valence electrons. The van der Waals surface area contributed by atoms with Crippen LogP contribution in [0.2, 0.25) is 0 Å². The van der Waals surface area contributed by atoms with E-state index in [1.807, 2.05) is 24.3 Å². The van der Waals surface area contributed by atoms with Gasteiger partial charge in [-0.3, -0.25) is 4.79 Å². The Labute approximate surface area is 123 Å². The molecule has 0 aliphatic rings. The quantitative estimate of drug-likeness (QED) is 0.565. The molecule has 4 rings (SSSR count). The lowest BCUT2D eigenvalue weighted by atomic mass is 10.2. The predicted octanol–water partition coefficient (Wildman–Crippen LogP) is 3.38. The lowest BCUT2D eigenvalue weighted by molar-refractivity contribution is 0.0702. The molecule has 0 atom stereocenters. The molecule has 2 N–H and O–H groups in total. The number of fused-ring (bicyclic) bond motifs is 2. The summed E-state index contributed by atoms with van der Waals surface area (Å²) in [7, 11) is 0. The van der Waals surface area contributed by atoms with Gasteiger partial charge in [0.05, 0.1) is 0 Å². The first kappa shape index (κ1) is 13.3. The van der Waals surface area contributed by atoms with Gasteiger partial charge in [0.25, 0.3) is 0 Å². The monoisotopic (exact) mass is 298 g/mol. The molecule has 4 aromatic rings. The zero-order valence-electron chi connectivity index (χ0n) is 10.7. The second kappa shape index (κ2) is 5.03. The summed E-state index contributed by atoms with van der Waals surface area (Å²) in [6.45, 7) is 0. The molecule has 0 spiro atoms. The largest absolute Gasteiger partial charge is 0.508 e. The van der Waals surface area contributed by atoms with Gasteiger partial charge in [0.1, 0.15) is 10.6 Å². The zero-order valence-corrected chi connectivity index (χ0v) is 11.6. The highest BCUT2D eigenvalue weighted by Crippen LogP contribution is 2.28. The topological polar surface area (TPSA) is 74.6 Å². The van der Waals surface area contributed by atoms with Crippen molar-refractivity contribution in [3.8, 4) is 5.75 Å². The number of hydrogen-bond donors (Lipinski definition) is 2. The van der Waals surface area contributed by atoms with E-state index in [4.69, 9.17) is 10.2 Å². The van der Waals surface area contributed by atoms with Crippen LogP contribution in [0.1, 0.15) is 9.67 Å². The standard InChI is InChI=1S/C9H6O3S.C7H4O/c10-6-1-2-7-5(3-6)4-8(13-7)9(11)12;8-7-5-3-1-2-4-6(5)7/h1-4,10H,(H,11,12);1-4H. The van der Waals surface area contributed by atoms with E-state index in [2.05, 4.69) is 0 Å². The summed E-state index contributed by atoms with van der Waals surface area (Å²) in [5.41, 5.74) is 0.218. The van der Waals surface area contributed by atoms with Gasteiger partial charge >= 0.3 is 5.97 Å². The van der Waals surface area contributed by atoms with Crippen LogP contribution >= 0.6 is 11.3 Å². The van der Waals surface area contributed by atoms with E-state index in [9.17, 15) is 9.59 Å². The Morgan fingerprint density at radius 3 is 2.24 bits per heavy atom. The summed E-state index contributed by atoms with van der Waals surface area (Å²) in [6.07, 6.45) is 0. The average molecular weight is 298 g/mol. The third kappa shape index (κ3) is 2.64. The van der Waals surface area contributed by atoms with Gasteiger partial charge in [-0.25, -0.2) is 4.79 Å². The second-order valence-corrected chi connectivity index (χ2v) is 5.60. The fourth-order valence-electron chi connectivity index (χ4n) is 1.97. The van der Waals surface area contributed by atoms with E-state index in [0.717, 1.165) is 20.9 Å². The SMILES string of the molecule is O=C(O)c1cc2cc(O)ccc2s1.O=c1c2ccccc12. The van der Waals surface area contributed by atoms with Crippen molar-refractivity contribution in [2.24, 2.45) is 0 Å². The number of rotatable bonds is 1.